The van der Waals surface area contributed by atoms with E-state index >= 15 is 0 Å². The summed E-state index contributed by atoms with van der Waals surface area (Å²) in [7, 11) is 1.73. The fourth-order valence-electron chi connectivity index (χ4n) is 4.08. The van der Waals surface area contributed by atoms with Crippen molar-refractivity contribution in [1.82, 2.24) is 10.2 Å². The lowest BCUT2D eigenvalue weighted by atomic mass is 9.92. The van der Waals surface area contributed by atoms with E-state index in [9.17, 15) is 4.79 Å². The molecule has 1 amide bonds. The normalized spacial score (nSPS) is 16.9. The number of fused-ring (bicyclic) bond motifs is 1. The largest absolute Gasteiger partial charge is 0.444 e. The van der Waals surface area contributed by atoms with Crippen molar-refractivity contribution in [2.24, 2.45) is 0 Å². The summed E-state index contributed by atoms with van der Waals surface area (Å²) >= 11 is 5.70. The zero-order valence-electron chi connectivity index (χ0n) is 18.4. The van der Waals surface area contributed by atoms with E-state index in [1.807, 2.05) is 20.8 Å². The van der Waals surface area contributed by atoms with E-state index in [-0.39, 0.29) is 12.1 Å². The highest BCUT2D eigenvalue weighted by atomic mass is 32.1. The second-order valence-corrected chi connectivity index (χ2v) is 9.19. The predicted octanol–water partition coefficient (Wildman–Crippen LogP) is 5.37. The average Bonchev–Trinajstić information content (AvgIpc) is 3.04. The Hall–Kier alpha value is -2.18. The van der Waals surface area contributed by atoms with Gasteiger partial charge in [-0.1, -0.05) is 48.6 Å². The minimum atomic E-state index is -0.488. The van der Waals surface area contributed by atoms with Crippen LogP contribution in [0.1, 0.15) is 57.2 Å². The molecule has 0 bridgehead atoms. The van der Waals surface area contributed by atoms with Gasteiger partial charge in [-0.25, -0.2) is 4.79 Å². The van der Waals surface area contributed by atoms with E-state index < -0.39 is 5.60 Å². The van der Waals surface area contributed by atoms with Crippen molar-refractivity contribution >= 4 is 34.1 Å². The molecule has 30 heavy (non-hydrogen) atoms. The lowest BCUT2D eigenvalue weighted by Gasteiger charge is -2.30. The van der Waals surface area contributed by atoms with E-state index in [1.54, 1.807) is 7.11 Å². The monoisotopic (exact) mass is 428 g/mol. The Balaban J connectivity index is 1.74. The van der Waals surface area contributed by atoms with Gasteiger partial charge in [0.15, 0.2) is 0 Å². The number of nitrogens with one attached hydrogen (secondary N) is 1. The average molecular weight is 429 g/mol. The molecule has 1 saturated heterocycles. The van der Waals surface area contributed by atoms with Crippen molar-refractivity contribution in [2.45, 2.75) is 58.3 Å². The Morgan fingerprint density at radius 3 is 2.73 bits per heavy atom. The number of thiocarbonyl (C=S) groups is 1. The number of carbonyl (C=O) groups excluding carboxylic acids is 1. The molecule has 2 aromatic carbocycles. The van der Waals surface area contributed by atoms with Gasteiger partial charge in [-0.3, -0.25) is 0 Å². The number of amides is 1. The molecule has 3 rings (SSSR count). The van der Waals surface area contributed by atoms with Crippen molar-refractivity contribution in [1.29, 1.82) is 0 Å². The molecule has 0 radical (unpaired) electrons. The second-order valence-electron chi connectivity index (χ2n) is 8.72. The first-order valence-corrected chi connectivity index (χ1v) is 11.0. The smallest absolute Gasteiger partial charge is 0.407 e. The molecule has 0 aliphatic carbocycles. The lowest BCUT2D eigenvalue weighted by Crippen LogP contribution is -2.35. The molecule has 0 spiro atoms. The second kappa shape index (κ2) is 9.75. The molecule has 6 heteroatoms. The first kappa shape index (κ1) is 22.5. The van der Waals surface area contributed by atoms with Gasteiger partial charge in [0.05, 0.1) is 17.6 Å². The van der Waals surface area contributed by atoms with E-state index in [2.05, 4.69) is 46.6 Å². The van der Waals surface area contributed by atoms with Crippen LogP contribution >= 0.6 is 12.2 Å². The minimum absolute atomic E-state index is 0.232. The van der Waals surface area contributed by atoms with Crippen molar-refractivity contribution in [2.75, 3.05) is 20.2 Å². The summed E-state index contributed by atoms with van der Waals surface area (Å²) in [5.41, 5.74) is 2.04. The maximum Gasteiger partial charge on any atom is 0.407 e. The van der Waals surface area contributed by atoms with Crippen LogP contribution in [0.15, 0.2) is 36.4 Å². The molecule has 0 aromatic heterocycles. The molecule has 1 aliphatic rings. The van der Waals surface area contributed by atoms with Gasteiger partial charge >= 0.3 is 6.09 Å². The SMILES string of the molecule is COCc1ccc2ccccc2c1[C@@H]1CCC(=S)N1CCCNC(=O)OC(C)(C)C. The van der Waals surface area contributed by atoms with Gasteiger partial charge in [-0.2, -0.15) is 0 Å². The molecular weight excluding hydrogens is 396 g/mol. The molecule has 5 nitrogen and oxygen atoms in total. The van der Waals surface area contributed by atoms with Crippen LogP contribution < -0.4 is 5.32 Å². The number of carbonyl (C=O) groups is 1. The number of benzene rings is 2. The Bertz CT molecular complexity index is 907. The fourth-order valence-corrected chi connectivity index (χ4v) is 4.42. The van der Waals surface area contributed by atoms with Gasteiger partial charge in [0.25, 0.3) is 0 Å². The Morgan fingerprint density at radius 1 is 1.23 bits per heavy atom. The maximum atomic E-state index is 11.9. The molecular formula is C24H32N2O3S. The van der Waals surface area contributed by atoms with Crippen LogP contribution in [0, 0.1) is 0 Å². The van der Waals surface area contributed by atoms with Gasteiger partial charge in [0, 0.05) is 26.6 Å². The van der Waals surface area contributed by atoms with Crippen LogP contribution in [0.25, 0.3) is 10.8 Å². The van der Waals surface area contributed by atoms with Gasteiger partial charge in [-0.15, -0.1) is 0 Å². The molecule has 0 unspecified atom stereocenters. The number of hydrogen-bond acceptors (Lipinski definition) is 4. The third-order valence-corrected chi connectivity index (χ3v) is 5.70. The van der Waals surface area contributed by atoms with Crippen LogP contribution in [0.3, 0.4) is 0 Å². The number of rotatable bonds is 7. The van der Waals surface area contributed by atoms with Crippen LogP contribution in [-0.4, -0.2) is 41.8 Å². The van der Waals surface area contributed by atoms with Crippen LogP contribution in [0.5, 0.6) is 0 Å². The number of nitrogens with zero attached hydrogens (tertiary/aromatic N) is 1. The Morgan fingerprint density at radius 2 is 2.00 bits per heavy atom. The lowest BCUT2D eigenvalue weighted by molar-refractivity contribution is 0.0526. The Labute approximate surface area is 184 Å². The molecule has 1 heterocycles. The summed E-state index contributed by atoms with van der Waals surface area (Å²) in [5, 5.41) is 5.34. The van der Waals surface area contributed by atoms with E-state index in [0.717, 1.165) is 30.8 Å². The summed E-state index contributed by atoms with van der Waals surface area (Å²) in [6, 6.07) is 13.1. The number of likely N-dealkylation sites (tertiary alicyclic amines) is 1. The van der Waals surface area contributed by atoms with E-state index in [0.29, 0.717) is 13.2 Å². The molecule has 1 N–H and O–H groups in total. The number of hydrogen-bond donors (Lipinski definition) is 1. The highest BCUT2D eigenvalue weighted by Gasteiger charge is 2.31. The van der Waals surface area contributed by atoms with Crippen molar-refractivity contribution in [3.05, 3.63) is 47.5 Å². The van der Waals surface area contributed by atoms with E-state index in [4.69, 9.17) is 21.7 Å². The standard InChI is InChI=1S/C24H32N2O3S/c1-24(2,3)29-23(27)25-14-7-15-26-20(12-13-21(26)30)22-18(16-28-4)11-10-17-8-5-6-9-19(17)22/h5-6,8-11,20H,7,12-16H2,1-4H3,(H,25,27)/t20-/m0/s1. The summed E-state index contributed by atoms with van der Waals surface area (Å²) in [6.45, 7) is 7.53. The zero-order valence-corrected chi connectivity index (χ0v) is 19.2. The van der Waals surface area contributed by atoms with E-state index in [1.165, 1.54) is 21.9 Å². The molecule has 1 fully saturated rings. The van der Waals surface area contributed by atoms with Crippen molar-refractivity contribution < 1.29 is 14.3 Å². The third kappa shape index (κ3) is 5.49. The summed E-state index contributed by atoms with van der Waals surface area (Å²) in [4.78, 5) is 15.2. The quantitative estimate of drug-likeness (QED) is 0.475. The summed E-state index contributed by atoms with van der Waals surface area (Å²) in [6.07, 6.45) is 2.35. The summed E-state index contributed by atoms with van der Waals surface area (Å²) < 4.78 is 10.8. The fraction of sp³-hybridized carbons (Fsp3) is 0.500. The maximum absolute atomic E-state index is 11.9. The third-order valence-electron chi connectivity index (χ3n) is 5.27. The highest BCUT2D eigenvalue weighted by molar-refractivity contribution is 7.80. The molecule has 2 aromatic rings. The first-order chi connectivity index (χ1) is 14.3. The van der Waals surface area contributed by atoms with Crippen LogP contribution in [0.4, 0.5) is 4.79 Å². The van der Waals surface area contributed by atoms with Gasteiger partial charge in [0.2, 0.25) is 0 Å². The topological polar surface area (TPSA) is 50.8 Å². The van der Waals surface area contributed by atoms with Gasteiger partial charge in [0.1, 0.15) is 5.60 Å². The zero-order chi connectivity index (χ0) is 21.7. The van der Waals surface area contributed by atoms with Gasteiger partial charge in [-0.05, 0) is 55.5 Å². The minimum Gasteiger partial charge on any atom is -0.444 e. The first-order valence-electron chi connectivity index (χ1n) is 10.6. The molecule has 0 saturated carbocycles. The van der Waals surface area contributed by atoms with Gasteiger partial charge < -0.3 is 19.7 Å². The number of methoxy groups -OCH3 is 1. The van der Waals surface area contributed by atoms with Crippen molar-refractivity contribution in [3.63, 3.8) is 0 Å². The van der Waals surface area contributed by atoms with Crippen LogP contribution in [0.2, 0.25) is 0 Å². The predicted molar refractivity (Wildman–Crippen MR) is 125 cm³/mol. The number of ether oxygens (including phenoxy) is 2. The molecule has 1 atom stereocenters. The highest BCUT2D eigenvalue weighted by Crippen LogP contribution is 2.39. The van der Waals surface area contributed by atoms with Crippen molar-refractivity contribution in [3.8, 4) is 0 Å². The van der Waals surface area contributed by atoms with Crippen LogP contribution in [-0.2, 0) is 16.1 Å². The Kier molecular flexibility index (Phi) is 7.32. The molecule has 1 aliphatic heterocycles. The molecule has 162 valence electrons. The summed E-state index contributed by atoms with van der Waals surface area (Å²) in [5.74, 6) is 0. The number of alkyl carbamates (subject to hydrolysis) is 1.